The molecule has 118 valence electrons. The number of carbonyl (C=O) groups excluding carboxylic acids is 1. The number of carbonyl (C=O) groups is 1. The molecule has 1 saturated heterocycles. The normalized spacial score (nSPS) is 18.3. The van der Waals surface area contributed by atoms with Gasteiger partial charge in [-0.05, 0) is 39.2 Å². The summed E-state index contributed by atoms with van der Waals surface area (Å²) in [5, 5.41) is 0. The van der Waals surface area contributed by atoms with Gasteiger partial charge in [-0.15, -0.1) is 0 Å². The molecule has 0 aromatic heterocycles. The predicted octanol–water partition coefficient (Wildman–Crippen LogP) is -0.498. The second-order valence-electron chi connectivity index (χ2n) is 5.19. The largest absolute Gasteiger partial charge is 0.341 e. The lowest BCUT2D eigenvalue weighted by atomic mass is 10.1. The lowest BCUT2D eigenvalue weighted by molar-refractivity contribution is -0.133. The summed E-state index contributed by atoms with van der Waals surface area (Å²) >= 11 is 0. The summed E-state index contributed by atoms with van der Waals surface area (Å²) in [6.45, 7) is 3.80. The van der Waals surface area contributed by atoms with Gasteiger partial charge in [0.25, 0.3) is 10.2 Å². The van der Waals surface area contributed by atoms with E-state index in [4.69, 9.17) is 5.73 Å². The Bertz CT molecular complexity index is 407. The third-order valence-corrected chi connectivity index (χ3v) is 5.11. The number of nitrogens with zero attached hydrogens (tertiary/aromatic N) is 2. The molecular formula is C12H26N4O3S. The smallest absolute Gasteiger partial charge is 0.279 e. The van der Waals surface area contributed by atoms with Crippen LogP contribution in [0.5, 0.6) is 0 Å². The van der Waals surface area contributed by atoms with Gasteiger partial charge in [0.15, 0.2) is 0 Å². The Morgan fingerprint density at radius 1 is 1.35 bits per heavy atom. The van der Waals surface area contributed by atoms with Gasteiger partial charge in [0.2, 0.25) is 5.91 Å². The molecule has 0 aromatic rings. The highest BCUT2D eigenvalue weighted by atomic mass is 32.2. The van der Waals surface area contributed by atoms with Gasteiger partial charge in [0.05, 0.1) is 6.04 Å². The number of nitrogens with two attached hydrogens (primary N) is 1. The molecule has 1 unspecified atom stereocenters. The molecule has 1 fully saturated rings. The van der Waals surface area contributed by atoms with Crippen LogP contribution in [0.4, 0.5) is 0 Å². The van der Waals surface area contributed by atoms with E-state index in [0.29, 0.717) is 32.6 Å². The molecule has 1 amide bonds. The topological polar surface area (TPSA) is 95.7 Å². The summed E-state index contributed by atoms with van der Waals surface area (Å²) in [6.07, 6.45) is 3.70. The van der Waals surface area contributed by atoms with Gasteiger partial charge in [0, 0.05) is 26.7 Å². The molecular weight excluding hydrogens is 280 g/mol. The minimum absolute atomic E-state index is 0.152. The standard InChI is InChI=1S/C12H26N4O3S/c1-11(12(17)16-9-4-3-5-10-16)14-20(18,19)15(2)8-6-7-13/h11,14H,3-10,13H2,1-2H3. The Kier molecular flexibility index (Phi) is 6.87. The highest BCUT2D eigenvalue weighted by Gasteiger charge is 2.27. The molecule has 3 N–H and O–H groups in total. The molecule has 20 heavy (non-hydrogen) atoms. The average Bonchev–Trinajstić information content (AvgIpc) is 2.44. The summed E-state index contributed by atoms with van der Waals surface area (Å²) in [6, 6.07) is -0.738. The molecule has 0 aromatic carbocycles. The first-order valence-electron chi connectivity index (χ1n) is 7.11. The quantitative estimate of drug-likeness (QED) is 0.663. The maximum absolute atomic E-state index is 12.2. The fraction of sp³-hybridized carbons (Fsp3) is 0.917. The number of hydrogen-bond donors (Lipinski definition) is 2. The number of hydrogen-bond acceptors (Lipinski definition) is 4. The van der Waals surface area contributed by atoms with Crippen molar-refractivity contribution in [1.82, 2.24) is 13.9 Å². The molecule has 0 radical (unpaired) electrons. The maximum Gasteiger partial charge on any atom is 0.279 e. The minimum Gasteiger partial charge on any atom is -0.341 e. The van der Waals surface area contributed by atoms with Crippen molar-refractivity contribution in [1.29, 1.82) is 0 Å². The second kappa shape index (κ2) is 7.92. The van der Waals surface area contributed by atoms with Crippen molar-refractivity contribution < 1.29 is 13.2 Å². The van der Waals surface area contributed by atoms with Gasteiger partial charge in [-0.25, -0.2) is 0 Å². The van der Waals surface area contributed by atoms with Crippen LogP contribution in [0.1, 0.15) is 32.6 Å². The fourth-order valence-electron chi connectivity index (χ4n) is 2.19. The number of piperidine rings is 1. The third kappa shape index (κ3) is 5.01. The summed E-state index contributed by atoms with van der Waals surface area (Å²) < 4.78 is 27.7. The molecule has 1 heterocycles. The van der Waals surface area contributed by atoms with Gasteiger partial charge in [0.1, 0.15) is 0 Å². The Morgan fingerprint density at radius 2 is 1.95 bits per heavy atom. The summed E-state index contributed by atoms with van der Waals surface area (Å²) in [7, 11) is -2.15. The van der Waals surface area contributed by atoms with Crippen molar-refractivity contribution in [2.45, 2.75) is 38.6 Å². The van der Waals surface area contributed by atoms with Crippen LogP contribution in [0, 0.1) is 0 Å². The lowest BCUT2D eigenvalue weighted by Crippen LogP contribution is -2.51. The predicted molar refractivity (Wildman–Crippen MR) is 78.2 cm³/mol. The van der Waals surface area contributed by atoms with Crippen LogP contribution in [-0.4, -0.2) is 62.8 Å². The van der Waals surface area contributed by atoms with E-state index < -0.39 is 16.3 Å². The minimum atomic E-state index is -3.64. The van der Waals surface area contributed by atoms with Crippen molar-refractivity contribution in [2.75, 3.05) is 33.2 Å². The zero-order valence-electron chi connectivity index (χ0n) is 12.3. The zero-order valence-corrected chi connectivity index (χ0v) is 13.2. The van der Waals surface area contributed by atoms with Crippen molar-refractivity contribution in [2.24, 2.45) is 5.73 Å². The van der Waals surface area contributed by atoms with E-state index in [0.717, 1.165) is 19.3 Å². The number of rotatable bonds is 7. The van der Waals surface area contributed by atoms with Crippen LogP contribution in [-0.2, 0) is 15.0 Å². The van der Waals surface area contributed by atoms with E-state index in [9.17, 15) is 13.2 Å². The van der Waals surface area contributed by atoms with Gasteiger partial charge in [-0.2, -0.15) is 17.4 Å². The van der Waals surface area contributed by atoms with Crippen LogP contribution in [0.3, 0.4) is 0 Å². The number of likely N-dealkylation sites (tertiary alicyclic amines) is 1. The van der Waals surface area contributed by atoms with E-state index in [1.807, 2.05) is 0 Å². The van der Waals surface area contributed by atoms with Crippen LogP contribution < -0.4 is 10.5 Å². The Balaban J connectivity index is 2.54. The van der Waals surface area contributed by atoms with E-state index >= 15 is 0 Å². The van der Waals surface area contributed by atoms with Gasteiger partial charge < -0.3 is 10.6 Å². The first kappa shape index (κ1) is 17.4. The molecule has 0 bridgehead atoms. The van der Waals surface area contributed by atoms with Crippen molar-refractivity contribution in [3.8, 4) is 0 Å². The van der Waals surface area contributed by atoms with Gasteiger partial charge >= 0.3 is 0 Å². The Morgan fingerprint density at radius 3 is 2.50 bits per heavy atom. The van der Waals surface area contributed by atoms with Crippen LogP contribution in [0.15, 0.2) is 0 Å². The molecule has 1 aliphatic rings. The zero-order chi connectivity index (χ0) is 15.2. The fourth-order valence-corrected chi connectivity index (χ4v) is 3.28. The summed E-state index contributed by atoms with van der Waals surface area (Å²) in [5.41, 5.74) is 5.36. The number of nitrogens with one attached hydrogen (secondary N) is 1. The van der Waals surface area contributed by atoms with Gasteiger partial charge in [-0.3, -0.25) is 4.79 Å². The molecule has 1 aliphatic heterocycles. The third-order valence-electron chi connectivity index (χ3n) is 3.45. The Hall–Kier alpha value is -0.700. The molecule has 0 saturated carbocycles. The molecule has 0 spiro atoms. The first-order chi connectivity index (χ1) is 9.38. The number of amides is 1. The van der Waals surface area contributed by atoms with Crippen molar-refractivity contribution in [3.05, 3.63) is 0 Å². The summed E-state index contributed by atoms with van der Waals surface area (Å²) in [5.74, 6) is -0.152. The maximum atomic E-state index is 12.2. The van der Waals surface area contributed by atoms with E-state index in [1.54, 1.807) is 11.8 Å². The van der Waals surface area contributed by atoms with E-state index in [1.165, 1.54) is 11.4 Å². The Labute approximate surface area is 121 Å². The van der Waals surface area contributed by atoms with Crippen molar-refractivity contribution >= 4 is 16.1 Å². The average molecular weight is 306 g/mol. The van der Waals surface area contributed by atoms with Crippen LogP contribution in [0.2, 0.25) is 0 Å². The molecule has 1 atom stereocenters. The van der Waals surface area contributed by atoms with E-state index in [2.05, 4.69) is 4.72 Å². The second-order valence-corrected chi connectivity index (χ2v) is 7.00. The van der Waals surface area contributed by atoms with Crippen LogP contribution >= 0.6 is 0 Å². The molecule has 1 rings (SSSR count). The SMILES string of the molecule is CC(NS(=O)(=O)N(C)CCCN)C(=O)N1CCCCC1. The first-order valence-corrected chi connectivity index (χ1v) is 8.55. The lowest BCUT2D eigenvalue weighted by Gasteiger charge is -2.30. The molecule has 7 nitrogen and oxygen atoms in total. The highest BCUT2D eigenvalue weighted by Crippen LogP contribution is 2.10. The van der Waals surface area contributed by atoms with E-state index in [-0.39, 0.29) is 5.91 Å². The highest BCUT2D eigenvalue weighted by molar-refractivity contribution is 7.87. The van der Waals surface area contributed by atoms with Gasteiger partial charge in [-0.1, -0.05) is 0 Å². The van der Waals surface area contributed by atoms with Crippen LogP contribution in [0.25, 0.3) is 0 Å². The summed E-state index contributed by atoms with van der Waals surface area (Å²) in [4.78, 5) is 13.9. The molecule has 0 aliphatic carbocycles. The monoisotopic (exact) mass is 306 g/mol. The van der Waals surface area contributed by atoms with Crippen molar-refractivity contribution in [3.63, 3.8) is 0 Å². The molecule has 8 heteroatoms.